The fourth-order valence-corrected chi connectivity index (χ4v) is 5.10. The van der Waals surface area contributed by atoms with Gasteiger partial charge < -0.3 is 4.90 Å². The van der Waals surface area contributed by atoms with Crippen molar-refractivity contribution in [2.75, 3.05) is 7.05 Å². The van der Waals surface area contributed by atoms with Crippen molar-refractivity contribution in [3.05, 3.63) is 64.0 Å². The SMILES string of the molecule is C=Cc1c(C)cc(C)cc1C1C=C(C(C)C(C)C)C([Si](C)C)=CN1C. The first-order valence-electron chi connectivity index (χ1n) is 9.37. The van der Waals surface area contributed by atoms with Crippen LogP contribution in [0.5, 0.6) is 0 Å². The van der Waals surface area contributed by atoms with Crippen molar-refractivity contribution < 1.29 is 0 Å². The number of nitrogens with zero attached hydrogens (tertiary/aromatic N) is 1. The summed E-state index contributed by atoms with van der Waals surface area (Å²) < 4.78 is 0. The summed E-state index contributed by atoms with van der Waals surface area (Å²) in [6.07, 6.45) is 6.96. The van der Waals surface area contributed by atoms with Crippen LogP contribution in [0.25, 0.3) is 6.08 Å². The zero-order valence-electron chi connectivity index (χ0n) is 17.3. The van der Waals surface area contributed by atoms with Crippen LogP contribution in [0.1, 0.15) is 49.1 Å². The first-order chi connectivity index (χ1) is 11.7. The zero-order valence-corrected chi connectivity index (χ0v) is 18.3. The maximum Gasteiger partial charge on any atom is 0.0814 e. The van der Waals surface area contributed by atoms with Crippen molar-refractivity contribution in [1.29, 1.82) is 0 Å². The summed E-state index contributed by atoms with van der Waals surface area (Å²) >= 11 is 0. The van der Waals surface area contributed by atoms with E-state index in [0.717, 1.165) is 0 Å². The van der Waals surface area contributed by atoms with Crippen LogP contribution in [-0.2, 0) is 0 Å². The van der Waals surface area contributed by atoms with Crippen molar-refractivity contribution in [3.8, 4) is 0 Å². The first kappa shape index (κ1) is 19.8. The molecule has 1 aliphatic rings. The summed E-state index contributed by atoms with van der Waals surface area (Å²) in [5.41, 5.74) is 6.86. The van der Waals surface area contributed by atoms with Crippen molar-refractivity contribution in [3.63, 3.8) is 0 Å². The van der Waals surface area contributed by atoms with Crippen LogP contribution in [0, 0.1) is 25.7 Å². The van der Waals surface area contributed by atoms with Crippen LogP contribution in [0.3, 0.4) is 0 Å². The van der Waals surface area contributed by atoms with Gasteiger partial charge in [0.2, 0.25) is 0 Å². The summed E-state index contributed by atoms with van der Waals surface area (Å²) in [6, 6.07) is 4.88. The average Bonchev–Trinajstić information content (AvgIpc) is 2.53. The number of allylic oxidation sites excluding steroid dienone is 2. The number of likely N-dealkylation sites (N-methyl/N-ethyl adjacent to an activating group) is 1. The topological polar surface area (TPSA) is 3.24 Å². The molecule has 0 aromatic heterocycles. The van der Waals surface area contributed by atoms with E-state index in [0.29, 0.717) is 11.8 Å². The number of rotatable bonds is 5. The molecule has 0 amide bonds. The van der Waals surface area contributed by atoms with Gasteiger partial charge in [0, 0.05) is 7.05 Å². The molecular weight excluding hydrogens is 318 g/mol. The highest BCUT2D eigenvalue weighted by molar-refractivity contribution is 6.65. The lowest BCUT2D eigenvalue weighted by molar-refractivity contribution is 0.374. The molecule has 1 heterocycles. The second-order valence-corrected chi connectivity index (χ2v) is 10.6. The minimum absolute atomic E-state index is 0.285. The standard InChI is InChI=1S/C23H34NSi/c1-10-19-17(5)11-16(4)12-21(19)22-13-20(18(6)15(2)3)23(25(8)9)14-24(22)7/h10-15,18,22H,1H2,2-9H3. The molecule has 0 saturated carbocycles. The molecule has 2 atom stereocenters. The fourth-order valence-electron chi connectivity index (χ4n) is 3.75. The Morgan fingerprint density at radius 3 is 2.32 bits per heavy atom. The van der Waals surface area contributed by atoms with Gasteiger partial charge in [0.1, 0.15) is 0 Å². The third-order valence-corrected chi connectivity index (χ3v) is 7.03. The average molecular weight is 353 g/mol. The van der Waals surface area contributed by atoms with Gasteiger partial charge in [-0.15, -0.1) is 0 Å². The molecule has 25 heavy (non-hydrogen) atoms. The fraction of sp³-hybridized carbons (Fsp3) is 0.478. The monoisotopic (exact) mass is 352 g/mol. The van der Waals surface area contributed by atoms with E-state index in [-0.39, 0.29) is 6.04 Å². The zero-order chi connectivity index (χ0) is 18.9. The Morgan fingerprint density at radius 2 is 1.80 bits per heavy atom. The van der Waals surface area contributed by atoms with Gasteiger partial charge in [-0.25, -0.2) is 0 Å². The number of benzene rings is 1. The van der Waals surface area contributed by atoms with Crippen LogP contribution in [-0.4, -0.2) is 20.7 Å². The summed E-state index contributed by atoms with van der Waals surface area (Å²) in [7, 11) is 1.72. The molecule has 1 aromatic carbocycles. The maximum atomic E-state index is 4.08. The minimum Gasteiger partial charge on any atom is -0.370 e. The maximum absolute atomic E-state index is 4.08. The van der Waals surface area contributed by atoms with E-state index in [1.54, 1.807) is 10.8 Å². The van der Waals surface area contributed by atoms with Gasteiger partial charge >= 0.3 is 0 Å². The molecule has 0 spiro atoms. The molecule has 2 heteroatoms. The van der Waals surface area contributed by atoms with E-state index in [9.17, 15) is 0 Å². The molecule has 0 saturated heterocycles. The Balaban J connectivity index is 2.62. The molecular formula is C23H34NSi. The lowest BCUT2D eigenvalue weighted by Gasteiger charge is -2.36. The van der Waals surface area contributed by atoms with Crippen LogP contribution in [0.2, 0.25) is 13.1 Å². The van der Waals surface area contributed by atoms with Crippen molar-refractivity contribution in [2.24, 2.45) is 11.8 Å². The van der Waals surface area contributed by atoms with Gasteiger partial charge in [0.25, 0.3) is 0 Å². The highest BCUT2D eigenvalue weighted by Gasteiger charge is 2.28. The first-order valence-corrected chi connectivity index (χ1v) is 11.9. The molecule has 0 aliphatic carbocycles. The number of aryl methyl sites for hydroxylation is 2. The van der Waals surface area contributed by atoms with E-state index >= 15 is 0 Å². The van der Waals surface area contributed by atoms with Crippen molar-refractivity contribution in [2.45, 2.75) is 53.8 Å². The van der Waals surface area contributed by atoms with Gasteiger partial charge in [-0.1, -0.05) is 70.3 Å². The van der Waals surface area contributed by atoms with Gasteiger partial charge in [-0.3, -0.25) is 0 Å². The summed E-state index contributed by atoms with van der Waals surface area (Å²) in [4.78, 5) is 2.39. The molecule has 0 N–H and O–H groups in total. The Labute approximate surface area is 156 Å². The largest absolute Gasteiger partial charge is 0.370 e. The third kappa shape index (κ3) is 4.00. The minimum atomic E-state index is -0.499. The van der Waals surface area contributed by atoms with E-state index in [2.05, 4.69) is 90.6 Å². The third-order valence-electron chi connectivity index (χ3n) is 5.54. The quantitative estimate of drug-likeness (QED) is 0.560. The van der Waals surface area contributed by atoms with Crippen molar-refractivity contribution in [1.82, 2.24) is 4.90 Å². The molecule has 0 bridgehead atoms. The molecule has 1 radical (unpaired) electrons. The number of hydrogen-bond donors (Lipinski definition) is 0. The normalized spacial score (nSPS) is 19.1. The second kappa shape index (κ2) is 7.78. The lowest BCUT2D eigenvalue weighted by atomic mass is 9.84. The van der Waals surface area contributed by atoms with Gasteiger partial charge in [0.05, 0.1) is 14.8 Å². The Hall–Kier alpha value is -1.54. The summed E-state index contributed by atoms with van der Waals surface area (Å²) in [6.45, 7) is 20.3. The molecule has 2 rings (SSSR count). The molecule has 1 nitrogen and oxygen atoms in total. The highest BCUT2D eigenvalue weighted by Crippen LogP contribution is 2.38. The predicted octanol–water partition coefficient (Wildman–Crippen LogP) is 6.33. The van der Waals surface area contributed by atoms with Gasteiger partial charge in [-0.2, -0.15) is 0 Å². The van der Waals surface area contributed by atoms with Crippen molar-refractivity contribution >= 4 is 14.9 Å². The number of hydrogen-bond acceptors (Lipinski definition) is 1. The molecule has 1 aliphatic heterocycles. The molecule has 135 valence electrons. The van der Waals surface area contributed by atoms with Gasteiger partial charge in [0.15, 0.2) is 0 Å². The van der Waals surface area contributed by atoms with E-state index in [4.69, 9.17) is 0 Å². The van der Waals surface area contributed by atoms with Crippen LogP contribution < -0.4 is 0 Å². The van der Waals surface area contributed by atoms with Gasteiger partial charge in [-0.05, 0) is 59.3 Å². The molecule has 1 aromatic rings. The summed E-state index contributed by atoms with van der Waals surface area (Å²) in [5, 5.41) is 1.58. The molecule has 0 fully saturated rings. The predicted molar refractivity (Wildman–Crippen MR) is 114 cm³/mol. The Morgan fingerprint density at radius 1 is 1.16 bits per heavy atom. The highest BCUT2D eigenvalue weighted by atomic mass is 28.3. The summed E-state index contributed by atoms with van der Waals surface area (Å²) in [5.74, 6) is 1.23. The van der Waals surface area contributed by atoms with Crippen LogP contribution in [0.15, 0.2) is 41.8 Å². The Bertz CT molecular complexity index is 709. The van der Waals surface area contributed by atoms with E-state index < -0.39 is 8.80 Å². The smallest absolute Gasteiger partial charge is 0.0814 e. The molecule has 2 unspecified atom stereocenters. The van der Waals surface area contributed by atoms with E-state index in [1.807, 2.05) is 6.08 Å². The van der Waals surface area contributed by atoms with Crippen LogP contribution in [0.4, 0.5) is 0 Å². The van der Waals surface area contributed by atoms with E-state index in [1.165, 1.54) is 22.3 Å². The second-order valence-electron chi connectivity index (χ2n) is 8.10. The van der Waals surface area contributed by atoms with Crippen LogP contribution >= 0.6 is 0 Å². The Kier molecular flexibility index (Phi) is 6.15. The lowest BCUT2D eigenvalue weighted by Crippen LogP contribution is -2.29.